The summed E-state index contributed by atoms with van der Waals surface area (Å²) in [6.45, 7) is 9.84. The molecule has 0 aliphatic carbocycles. The van der Waals surface area contributed by atoms with E-state index in [0.29, 0.717) is 0 Å². The lowest BCUT2D eigenvalue weighted by Gasteiger charge is -2.41. The minimum absolute atomic E-state index is 0.733. The molecule has 2 fully saturated rings. The second-order valence-electron chi connectivity index (χ2n) is 6.11. The van der Waals surface area contributed by atoms with Crippen LogP contribution in [0.5, 0.6) is 0 Å². The molecule has 0 bridgehead atoms. The maximum absolute atomic E-state index is 5.47. The summed E-state index contributed by atoms with van der Waals surface area (Å²) in [7, 11) is 0. The molecule has 1 aromatic rings. The van der Waals surface area contributed by atoms with E-state index >= 15 is 0 Å². The SMILES string of the molecule is Cc1ccccc1CN1CCCC(N2CCOCC2)C1. The molecule has 1 unspecified atom stereocenters. The molecule has 0 N–H and O–H groups in total. The second-order valence-corrected chi connectivity index (χ2v) is 6.11. The zero-order valence-corrected chi connectivity index (χ0v) is 12.6. The number of nitrogens with zero attached hydrogens (tertiary/aromatic N) is 2. The van der Waals surface area contributed by atoms with Crippen LogP contribution in [-0.2, 0) is 11.3 Å². The first-order valence-electron chi connectivity index (χ1n) is 7.91. The Hall–Kier alpha value is -0.900. The third-order valence-electron chi connectivity index (χ3n) is 4.70. The van der Waals surface area contributed by atoms with Crippen molar-refractivity contribution in [3.05, 3.63) is 35.4 Å². The van der Waals surface area contributed by atoms with Crippen LogP contribution in [0.2, 0.25) is 0 Å². The number of hydrogen-bond acceptors (Lipinski definition) is 3. The molecule has 20 heavy (non-hydrogen) atoms. The molecule has 3 nitrogen and oxygen atoms in total. The Kier molecular flexibility index (Phi) is 4.71. The minimum atomic E-state index is 0.733. The number of rotatable bonds is 3. The van der Waals surface area contributed by atoms with E-state index in [-0.39, 0.29) is 0 Å². The molecule has 110 valence electrons. The standard InChI is InChI=1S/C17H26N2O/c1-15-5-2-3-6-16(15)13-18-8-4-7-17(14-18)19-9-11-20-12-10-19/h2-3,5-6,17H,4,7-14H2,1H3. The number of benzene rings is 1. The van der Waals surface area contributed by atoms with Crippen molar-refractivity contribution < 1.29 is 4.74 Å². The van der Waals surface area contributed by atoms with Gasteiger partial charge in [0, 0.05) is 32.2 Å². The van der Waals surface area contributed by atoms with E-state index in [0.717, 1.165) is 38.9 Å². The summed E-state index contributed by atoms with van der Waals surface area (Å²) in [5.41, 5.74) is 2.90. The highest BCUT2D eigenvalue weighted by atomic mass is 16.5. The van der Waals surface area contributed by atoms with Gasteiger partial charge >= 0.3 is 0 Å². The average Bonchev–Trinajstić information content (AvgIpc) is 2.51. The number of hydrogen-bond donors (Lipinski definition) is 0. The van der Waals surface area contributed by atoms with Gasteiger partial charge in [0.15, 0.2) is 0 Å². The summed E-state index contributed by atoms with van der Waals surface area (Å²) in [6.07, 6.45) is 2.68. The number of ether oxygens (including phenoxy) is 1. The van der Waals surface area contributed by atoms with Crippen LogP contribution in [0.3, 0.4) is 0 Å². The van der Waals surface area contributed by atoms with Gasteiger partial charge in [-0.1, -0.05) is 24.3 Å². The quantitative estimate of drug-likeness (QED) is 0.841. The lowest BCUT2D eigenvalue weighted by atomic mass is 10.0. The molecule has 2 saturated heterocycles. The second kappa shape index (κ2) is 6.70. The van der Waals surface area contributed by atoms with Crippen molar-refractivity contribution in [2.75, 3.05) is 39.4 Å². The molecular weight excluding hydrogens is 248 g/mol. The molecule has 0 spiro atoms. The zero-order valence-electron chi connectivity index (χ0n) is 12.6. The van der Waals surface area contributed by atoms with Crippen LogP contribution in [0.15, 0.2) is 24.3 Å². The number of morpholine rings is 1. The highest BCUT2D eigenvalue weighted by Gasteiger charge is 2.26. The van der Waals surface area contributed by atoms with Gasteiger partial charge < -0.3 is 4.74 Å². The Morgan fingerprint density at radius 1 is 1.15 bits per heavy atom. The molecule has 0 aromatic heterocycles. The molecule has 2 aliphatic rings. The van der Waals surface area contributed by atoms with Crippen molar-refractivity contribution in [1.29, 1.82) is 0 Å². The van der Waals surface area contributed by atoms with E-state index in [9.17, 15) is 0 Å². The third kappa shape index (κ3) is 3.40. The van der Waals surface area contributed by atoms with Crippen LogP contribution < -0.4 is 0 Å². The van der Waals surface area contributed by atoms with Gasteiger partial charge in [-0.25, -0.2) is 0 Å². The Morgan fingerprint density at radius 2 is 1.95 bits per heavy atom. The summed E-state index contributed by atoms with van der Waals surface area (Å²) in [5, 5.41) is 0. The zero-order chi connectivity index (χ0) is 13.8. The highest BCUT2D eigenvalue weighted by molar-refractivity contribution is 5.25. The predicted octanol–water partition coefficient (Wildman–Crippen LogP) is 2.29. The molecule has 1 aromatic carbocycles. The lowest BCUT2D eigenvalue weighted by molar-refractivity contribution is -0.00359. The monoisotopic (exact) mass is 274 g/mol. The Bertz CT molecular complexity index is 429. The van der Waals surface area contributed by atoms with Crippen molar-refractivity contribution in [3.8, 4) is 0 Å². The van der Waals surface area contributed by atoms with Gasteiger partial charge in [-0.05, 0) is 37.4 Å². The van der Waals surface area contributed by atoms with Crippen LogP contribution in [0, 0.1) is 6.92 Å². The van der Waals surface area contributed by atoms with Crippen LogP contribution in [-0.4, -0.2) is 55.2 Å². The maximum Gasteiger partial charge on any atom is 0.0594 e. The van der Waals surface area contributed by atoms with E-state index in [1.54, 1.807) is 0 Å². The van der Waals surface area contributed by atoms with Crippen molar-refractivity contribution in [3.63, 3.8) is 0 Å². The fourth-order valence-corrected chi connectivity index (χ4v) is 3.44. The van der Waals surface area contributed by atoms with Crippen LogP contribution >= 0.6 is 0 Å². The van der Waals surface area contributed by atoms with Gasteiger partial charge in [-0.3, -0.25) is 9.80 Å². The van der Waals surface area contributed by atoms with Crippen molar-refractivity contribution in [2.24, 2.45) is 0 Å². The van der Waals surface area contributed by atoms with E-state index in [1.807, 2.05) is 0 Å². The summed E-state index contributed by atoms with van der Waals surface area (Å²) in [5.74, 6) is 0. The number of likely N-dealkylation sites (tertiary alicyclic amines) is 1. The normalized spacial score (nSPS) is 25.8. The molecule has 0 amide bonds. The first-order valence-corrected chi connectivity index (χ1v) is 7.91. The van der Waals surface area contributed by atoms with Gasteiger partial charge in [0.05, 0.1) is 13.2 Å². The van der Waals surface area contributed by atoms with Crippen molar-refractivity contribution >= 4 is 0 Å². The molecule has 3 rings (SSSR count). The Balaban J connectivity index is 1.59. The van der Waals surface area contributed by atoms with Crippen LogP contribution in [0.1, 0.15) is 24.0 Å². The van der Waals surface area contributed by atoms with Gasteiger partial charge in [0.2, 0.25) is 0 Å². The molecule has 2 heterocycles. The molecule has 0 saturated carbocycles. The smallest absolute Gasteiger partial charge is 0.0594 e. The van der Waals surface area contributed by atoms with Gasteiger partial charge in [0.1, 0.15) is 0 Å². The minimum Gasteiger partial charge on any atom is -0.379 e. The fourth-order valence-electron chi connectivity index (χ4n) is 3.44. The molecule has 1 atom stereocenters. The van der Waals surface area contributed by atoms with Gasteiger partial charge in [-0.2, -0.15) is 0 Å². The van der Waals surface area contributed by atoms with E-state index in [4.69, 9.17) is 4.74 Å². The van der Waals surface area contributed by atoms with Gasteiger partial charge in [0.25, 0.3) is 0 Å². The first kappa shape index (κ1) is 14.1. The van der Waals surface area contributed by atoms with Crippen LogP contribution in [0.25, 0.3) is 0 Å². The fraction of sp³-hybridized carbons (Fsp3) is 0.647. The van der Waals surface area contributed by atoms with Crippen LogP contribution in [0.4, 0.5) is 0 Å². The van der Waals surface area contributed by atoms with E-state index in [1.165, 1.54) is 37.1 Å². The topological polar surface area (TPSA) is 15.7 Å². The largest absolute Gasteiger partial charge is 0.379 e. The molecule has 2 aliphatic heterocycles. The highest BCUT2D eigenvalue weighted by Crippen LogP contribution is 2.20. The number of aryl methyl sites for hydroxylation is 1. The predicted molar refractivity (Wildman–Crippen MR) is 81.9 cm³/mol. The molecule has 3 heteroatoms. The summed E-state index contributed by atoms with van der Waals surface area (Å²) < 4.78 is 5.47. The Labute approximate surface area is 122 Å². The molecular formula is C17H26N2O. The van der Waals surface area contributed by atoms with Gasteiger partial charge in [-0.15, -0.1) is 0 Å². The first-order chi connectivity index (χ1) is 9.83. The van der Waals surface area contributed by atoms with E-state index < -0.39 is 0 Å². The van der Waals surface area contributed by atoms with E-state index in [2.05, 4.69) is 41.0 Å². The average molecular weight is 274 g/mol. The third-order valence-corrected chi connectivity index (χ3v) is 4.70. The Morgan fingerprint density at radius 3 is 2.75 bits per heavy atom. The van der Waals surface area contributed by atoms with Crippen molar-refractivity contribution in [2.45, 2.75) is 32.4 Å². The molecule has 0 radical (unpaired) electrons. The lowest BCUT2D eigenvalue weighted by Crippen LogP contribution is -2.51. The summed E-state index contributed by atoms with van der Waals surface area (Å²) in [4.78, 5) is 5.26. The maximum atomic E-state index is 5.47. The summed E-state index contributed by atoms with van der Waals surface area (Å²) >= 11 is 0. The van der Waals surface area contributed by atoms with Crippen molar-refractivity contribution in [1.82, 2.24) is 9.80 Å². The number of piperidine rings is 1. The summed E-state index contributed by atoms with van der Waals surface area (Å²) in [6, 6.07) is 9.51.